The number of rotatable bonds is 12. The topological polar surface area (TPSA) is 86.8 Å². The lowest BCUT2D eigenvalue weighted by Gasteiger charge is -2.34. The van der Waals surface area contributed by atoms with Crippen LogP contribution in [0, 0.1) is 0 Å². The molecule has 43 heavy (non-hydrogen) atoms. The Morgan fingerprint density at radius 1 is 0.837 bits per heavy atom. The van der Waals surface area contributed by atoms with Gasteiger partial charge in [-0.1, -0.05) is 88.2 Å². The second-order valence-electron chi connectivity index (χ2n) is 10.3. The van der Waals surface area contributed by atoms with Gasteiger partial charge in [0.1, 0.15) is 12.6 Å². The number of amides is 2. The van der Waals surface area contributed by atoms with Crippen LogP contribution in [0.3, 0.4) is 0 Å². The summed E-state index contributed by atoms with van der Waals surface area (Å²) in [6, 6.07) is 30.1. The zero-order chi connectivity index (χ0) is 31.0. The van der Waals surface area contributed by atoms with Crippen molar-refractivity contribution in [3.63, 3.8) is 0 Å². The van der Waals surface area contributed by atoms with Crippen LogP contribution in [0.25, 0.3) is 0 Å². The molecule has 4 aromatic carbocycles. The third-order valence-corrected chi connectivity index (χ3v) is 9.20. The first-order valence-electron chi connectivity index (χ1n) is 13.8. The Morgan fingerprint density at radius 2 is 1.44 bits per heavy atom. The summed E-state index contributed by atoms with van der Waals surface area (Å²) in [5, 5.41) is 3.35. The van der Waals surface area contributed by atoms with E-state index in [0.717, 1.165) is 19.9 Å². The molecular formula is C33H33BrClN3O4S. The summed E-state index contributed by atoms with van der Waals surface area (Å²) < 4.78 is 29.8. The van der Waals surface area contributed by atoms with E-state index in [9.17, 15) is 18.0 Å². The first kappa shape index (κ1) is 32.3. The van der Waals surface area contributed by atoms with E-state index in [0.29, 0.717) is 10.7 Å². The van der Waals surface area contributed by atoms with Crippen LogP contribution >= 0.6 is 27.5 Å². The van der Waals surface area contributed by atoms with Gasteiger partial charge in [-0.05, 0) is 73.5 Å². The molecule has 0 aliphatic heterocycles. The molecule has 0 radical (unpaired) electrons. The molecule has 2 amide bonds. The Bertz CT molecular complexity index is 1640. The number of benzene rings is 4. The molecule has 0 saturated carbocycles. The number of anilines is 1. The first-order valence-corrected chi connectivity index (χ1v) is 16.4. The van der Waals surface area contributed by atoms with Crippen molar-refractivity contribution in [2.24, 2.45) is 0 Å². The molecule has 1 N–H and O–H groups in total. The Kier molecular flexibility index (Phi) is 11.0. The average Bonchev–Trinajstić information content (AvgIpc) is 2.98. The molecule has 224 valence electrons. The van der Waals surface area contributed by atoms with Crippen LogP contribution in [0.2, 0.25) is 5.02 Å². The molecule has 0 spiro atoms. The fraction of sp³-hybridized carbons (Fsp3) is 0.212. The van der Waals surface area contributed by atoms with Crippen LogP contribution in [-0.4, -0.2) is 43.8 Å². The lowest BCUT2D eigenvalue weighted by molar-refractivity contribution is -0.140. The second kappa shape index (κ2) is 14.7. The van der Waals surface area contributed by atoms with Gasteiger partial charge in [-0.2, -0.15) is 0 Å². The maximum Gasteiger partial charge on any atom is 0.264 e. The third kappa shape index (κ3) is 8.69. The number of nitrogens with one attached hydrogen (secondary N) is 1. The summed E-state index contributed by atoms with van der Waals surface area (Å²) in [6.45, 7) is 3.27. The summed E-state index contributed by atoms with van der Waals surface area (Å²) in [5.74, 6) is -0.852. The summed E-state index contributed by atoms with van der Waals surface area (Å²) in [7, 11) is -4.18. The monoisotopic (exact) mass is 681 g/mol. The van der Waals surface area contributed by atoms with Crippen molar-refractivity contribution in [1.29, 1.82) is 0 Å². The summed E-state index contributed by atoms with van der Waals surface area (Å²) in [5.41, 5.74) is 1.97. The molecule has 4 rings (SSSR count). The predicted octanol–water partition coefficient (Wildman–Crippen LogP) is 6.46. The van der Waals surface area contributed by atoms with Crippen molar-refractivity contribution in [2.45, 2.75) is 43.8 Å². The summed E-state index contributed by atoms with van der Waals surface area (Å²) in [6.07, 6.45) is 0.244. The van der Waals surface area contributed by atoms with E-state index in [1.165, 1.54) is 29.2 Å². The van der Waals surface area contributed by atoms with E-state index in [1.54, 1.807) is 30.3 Å². The SMILES string of the molecule is CC(C)NC(=O)[C@H](Cc1ccccc1)N(Cc1cccc(Br)c1)C(=O)CN(c1ccccc1)S(=O)(=O)c1ccc(Cl)cc1. The highest BCUT2D eigenvalue weighted by atomic mass is 79.9. The van der Waals surface area contributed by atoms with Gasteiger partial charge in [-0.25, -0.2) is 8.42 Å². The number of carbonyl (C=O) groups is 2. The number of carbonyl (C=O) groups excluding carboxylic acids is 2. The molecule has 10 heteroatoms. The Morgan fingerprint density at radius 3 is 2.05 bits per heavy atom. The first-order chi connectivity index (χ1) is 20.5. The smallest absolute Gasteiger partial charge is 0.264 e. The van der Waals surface area contributed by atoms with E-state index < -0.39 is 28.5 Å². The molecule has 4 aromatic rings. The fourth-order valence-electron chi connectivity index (χ4n) is 4.62. The van der Waals surface area contributed by atoms with Gasteiger partial charge in [0, 0.05) is 28.5 Å². The van der Waals surface area contributed by atoms with E-state index in [2.05, 4.69) is 21.2 Å². The highest BCUT2D eigenvalue weighted by Gasteiger charge is 2.34. The van der Waals surface area contributed by atoms with Crippen LogP contribution in [0.15, 0.2) is 119 Å². The zero-order valence-corrected chi connectivity index (χ0v) is 27.0. The van der Waals surface area contributed by atoms with Crippen molar-refractivity contribution < 1.29 is 18.0 Å². The average molecular weight is 683 g/mol. The second-order valence-corrected chi connectivity index (χ2v) is 13.5. The van der Waals surface area contributed by atoms with E-state index >= 15 is 0 Å². The highest BCUT2D eigenvalue weighted by Crippen LogP contribution is 2.26. The van der Waals surface area contributed by atoms with E-state index in [-0.39, 0.29) is 29.8 Å². The van der Waals surface area contributed by atoms with Gasteiger partial charge in [-0.3, -0.25) is 13.9 Å². The zero-order valence-electron chi connectivity index (χ0n) is 23.9. The molecule has 0 aliphatic rings. The number of hydrogen-bond acceptors (Lipinski definition) is 4. The van der Waals surface area contributed by atoms with Gasteiger partial charge in [0.15, 0.2) is 0 Å². The van der Waals surface area contributed by atoms with Gasteiger partial charge < -0.3 is 10.2 Å². The van der Waals surface area contributed by atoms with Gasteiger partial charge in [0.2, 0.25) is 11.8 Å². The van der Waals surface area contributed by atoms with Crippen LogP contribution in [0.5, 0.6) is 0 Å². The minimum absolute atomic E-state index is 0.00882. The van der Waals surface area contributed by atoms with Crippen molar-refractivity contribution in [3.05, 3.63) is 130 Å². The fourth-order valence-corrected chi connectivity index (χ4v) is 6.61. The quantitative estimate of drug-likeness (QED) is 0.186. The maximum absolute atomic E-state index is 14.4. The summed E-state index contributed by atoms with van der Waals surface area (Å²) in [4.78, 5) is 29.5. The summed E-state index contributed by atoms with van der Waals surface area (Å²) >= 11 is 9.52. The number of halogens is 2. The molecule has 0 saturated heterocycles. The molecule has 0 heterocycles. The van der Waals surface area contributed by atoms with E-state index in [1.807, 2.05) is 68.4 Å². The molecule has 1 atom stereocenters. The van der Waals surface area contributed by atoms with E-state index in [4.69, 9.17) is 11.6 Å². The number of nitrogens with zero attached hydrogens (tertiary/aromatic N) is 2. The van der Waals surface area contributed by atoms with Crippen LogP contribution in [0.4, 0.5) is 5.69 Å². The number of sulfonamides is 1. The Labute approximate surface area is 266 Å². The molecule has 0 fully saturated rings. The van der Waals surface area contributed by atoms with Crippen LogP contribution < -0.4 is 9.62 Å². The normalized spacial score (nSPS) is 12.0. The number of para-hydroxylation sites is 1. The molecule has 0 aliphatic carbocycles. The lowest BCUT2D eigenvalue weighted by atomic mass is 10.0. The molecular weight excluding hydrogens is 650 g/mol. The van der Waals surface area contributed by atoms with Gasteiger partial charge in [0.25, 0.3) is 10.0 Å². The largest absolute Gasteiger partial charge is 0.352 e. The van der Waals surface area contributed by atoms with Crippen LogP contribution in [-0.2, 0) is 32.6 Å². The lowest BCUT2D eigenvalue weighted by Crippen LogP contribution is -2.54. The van der Waals surface area contributed by atoms with Crippen molar-refractivity contribution in [3.8, 4) is 0 Å². The Hall–Kier alpha value is -3.66. The molecule has 7 nitrogen and oxygen atoms in total. The Balaban J connectivity index is 1.79. The molecule has 0 aromatic heterocycles. The highest BCUT2D eigenvalue weighted by molar-refractivity contribution is 9.10. The van der Waals surface area contributed by atoms with Crippen molar-refractivity contribution in [1.82, 2.24) is 10.2 Å². The minimum Gasteiger partial charge on any atom is -0.352 e. The van der Waals surface area contributed by atoms with Gasteiger partial charge in [-0.15, -0.1) is 0 Å². The predicted molar refractivity (Wildman–Crippen MR) is 174 cm³/mol. The third-order valence-electron chi connectivity index (χ3n) is 6.67. The standard InChI is InChI=1S/C33H33BrClN3O4S/c1-24(2)36-33(40)31(21-25-10-5-3-6-11-25)37(22-26-12-9-13-27(34)20-26)32(39)23-38(29-14-7-4-8-15-29)43(41,42)30-18-16-28(35)17-19-30/h3-20,24,31H,21-23H2,1-2H3,(H,36,40)/t31-/m0/s1. The molecule has 0 unspecified atom stereocenters. The van der Waals surface area contributed by atoms with Gasteiger partial charge in [0.05, 0.1) is 10.6 Å². The van der Waals surface area contributed by atoms with Gasteiger partial charge >= 0.3 is 0 Å². The minimum atomic E-state index is -4.18. The van der Waals surface area contributed by atoms with Crippen molar-refractivity contribution in [2.75, 3.05) is 10.8 Å². The van der Waals surface area contributed by atoms with Crippen LogP contribution in [0.1, 0.15) is 25.0 Å². The maximum atomic E-state index is 14.4. The molecule has 0 bridgehead atoms. The van der Waals surface area contributed by atoms with Crippen molar-refractivity contribution >= 4 is 55.1 Å². The number of hydrogen-bond donors (Lipinski definition) is 1.